The van der Waals surface area contributed by atoms with Crippen molar-refractivity contribution in [1.82, 2.24) is 10.6 Å². The second-order valence-electron chi connectivity index (χ2n) is 6.99. The van der Waals surface area contributed by atoms with Crippen LogP contribution in [0.1, 0.15) is 37.7 Å². The van der Waals surface area contributed by atoms with Gasteiger partial charge in [0.25, 0.3) is 0 Å². The molecular formula is C19H26N2O3. The van der Waals surface area contributed by atoms with Crippen molar-refractivity contribution < 1.29 is 14.3 Å². The third-order valence-electron chi connectivity index (χ3n) is 4.21. The lowest BCUT2D eigenvalue weighted by Crippen LogP contribution is -2.46. The molecule has 0 bridgehead atoms. The summed E-state index contributed by atoms with van der Waals surface area (Å²) >= 11 is 0. The first-order chi connectivity index (χ1) is 11.2. The number of carbonyl (C=O) groups is 1. The van der Waals surface area contributed by atoms with Gasteiger partial charge < -0.3 is 20.2 Å². The Balaban J connectivity index is 1.88. The molecule has 0 aliphatic heterocycles. The number of urea groups is 1. The Morgan fingerprint density at radius 3 is 2.38 bits per heavy atom. The van der Waals surface area contributed by atoms with Crippen LogP contribution in [0.25, 0.3) is 0 Å². The third kappa shape index (κ3) is 4.38. The molecule has 0 aliphatic rings. The van der Waals surface area contributed by atoms with Gasteiger partial charge in [0.2, 0.25) is 0 Å². The van der Waals surface area contributed by atoms with E-state index >= 15 is 0 Å². The maximum absolute atomic E-state index is 12.1. The zero-order valence-electron chi connectivity index (χ0n) is 14.7. The van der Waals surface area contributed by atoms with Crippen LogP contribution in [0.15, 0.2) is 47.1 Å². The normalized spacial score (nSPS) is 14.0. The number of amides is 2. The van der Waals surface area contributed by atoms with Crippen molar-refractivity contribution in [3.8, 4) is 0 Å². The number of aryl methyl sites for hydroxylation is 1. The Morgan fingerprint density at radius 1 is 1.08 bits per heavy atom. The Kier molecular flexibility index (Phi) is 5.34. The molecule has 1 unspecified atom stereocenters. The molecule has 0 fully saturated rings. The second kappa shape index (κ2) is 7.09. The molecule has 0 radical (unpaired) electrons. The van der Waals surface area contributed by atoms with Crippen LogP contribution < -0.4 is 10.6 Å². The summed E-state index contributed by atoms with van der Waals surface area (Å²) in [5, 5.41) is 15.9. The first-order valence-corrected chi connectivity index (χ1v) is 8.06. The number of nitrogens with one attached hydrogen (secondary N) is 2. The lowest BCUT2D eigenvalue weighted by atomic mass is 9.82. The number of benzene rings is 1. The number of hydrogen-bond donors (Lipinski definition) is 3. The van der Waals surface area contributed by atoms with E-state index in [0.29, 0.717) is 12.3 Å². The monoisotopic (exact) mass is 330 g/mol. The van der Waals surface area contributed by atoms with Crippen molar-refractivity contribution in [1.29, 1.82) is 0 Å². The van der Waals surface area contributed by atoms with Gasteiger partial charge in [-0.05, 0) is 37.1 Å². The highest BCUT2D eigenvalue weighted by Crippen LogP contribution is 2.25. The van der Waals surface area contributed by atoms with Crippen LogP contribution in [0.3, 0.4) is 0 Å². The van der Waals surface area contributed by atoms with Crippen molar-refractivity contribution in [3.63, 3.8) is 0 Å². The van der Waals surface area contributed by atoms with Crippen LogP contribution in [0, 0.1) is 6.92 Å². The highest BCUT2D eigenvalue weighted by Gasteiger charge is 2.27. The Labute approximate surface area is 143 Å². The molecule has 24 heavy (non-hydrogen) atoms. The van der Waals surface area contributed by atoms with Crippen LogP contribution in [0.4, 0.5) is 4.79 Å². The fraction of sp³-hybridized carbons (Fsp3) is 0.421. The van der Waals surface area contributed by atoms with Crippen molar-refractivity contribution in [2.45, 2.75) is 38.7 Å². The largest absolute Gasteiger partial charge is 0.466 e. The van der Waals surface area contributed by atoms with Gasteiger partial charge in [0.05, 0.1) is 12.8 Å². The van der Waals surface area contributed by atoms with E-state index < -0.39 is 5.60 Å². The first kappa shape index (κ1) is 18.1. The molecule has 1 aromatic carbocycles. The molecule has 2 rings (SSSR count). The van der Waals surface area contributed by atoms with Gasteiger partial charge in [-0.25, -0.2) is 4.79 Å². The summed E-state index contributed by atoms with van der Waals surface area (Å²) in [7, 11) is 0. The van der Waals surface area contributed by atoms with E-state index in [2.05, 4.69) is 43.5 Å². The molecule has 0 aliphatic carbocycles. The number of aliphatic hydroxyl groups is 1. The quantitative estimate of drug-likeness (QED) is 0.762. The van der Waals surface area contributed by atoms with E-state index in [1.54, 1.807) is 19.1 Å². The Bertz CT molecular complexity index is 676. The van der Waals surface area contributed by atoms with Gasteiger partial charge in [-0.3, -0.25) is 0 Å². The van der Waals surface area contributed by atoms with Crippen LogP contribution in [0.2, 0.25) is 0 Å². The van der Waals surface area contributed by atoms with Crippen LogP contribution in [0.5, 0.6) is 0 Å². The summed E-state index contributed by atoms with van der Waals surface area (Å²) in [6, 6.07) is 11.2. The molecule has 3 N–H and O–H groups in total. The molecule has 5 nitrogen and oxygen atoms in total. The summed E-state index contributed by atoms with van der Waals surface area (Å²) < 4.78 is 5.19. The summed E-state index contributed by atoms with van der Waals surface area (Å²) in [6.45, 7) is 8.41. The Morgan fingerprint density at radius 2 is 1.75 bits per heavy atom. The lowest BCUT2D eigenvalue weighted by molar-refractivity contribution is 0.0367. The standard InChI is InChI=1S/C19H26N2O3/c1-14-8-5-6-9-15(14)18(2,3)12-20-17(22)21-13-19(4,23)16-10-7-11-24-16/h5-11,23H,12-13H2,1-4H3,(H2,20,21,22). The predicted octanol–water partition coefficient (Wildman–Crippen LogP) is 3.07. The van der Waals surface area contributed by atoms with Gasteiger partial charge in [-0.2, -0.15) is 0 Å². The molecule has 0 saturated carbocycles. The van der Waals surface area contributed by atoms with Gasteiger partial charge in [0.15, 0.2) is 0 Å². The average Bonchev–Trinajstić information content (AvgIpc) is 3.07. The van der Waals surface area contributed by atoms with E-state index in [1.165, 1.54) is 17.4 Å². The van der Waals surface area contributed by atoms with E-state index in [9.17, 15) is 9.90 Å². The van der Waals surface area contributed by atoms with Crippen LogP contribution >= 0.6 is 0 Å². The number of hydrogen-bond acceptors (Lipinski definition) is 3. The molecule has 0 spiro atoms. The first-order valence-electron chi connectivity index (χ1n) is 8.06. The molecule has 0 saturated heterocycles. The topological polar surface area (TPSA) is 74.5 Å². The van der Waals surface area contributed by atoms with Gasteiger partial charge in [-0.1, -0.05) is 38.1 Å². The zero-order valence-corrected chi connectivity index (χ0v) is 14.7. The molecule has 1 aromatic heterocycles. The minimum Gasteiger partial charge on any atom is -0.466 e. The van der Waals surface area contributed by atoms with Crippen LogP contribution in [-0.2, 0) is 11.0 Å². The van der Waals surface area contributed by atoms with E-state index in [4.69, 9.17) is 4.42 Å². The second-order valence-corrected chi connectivity index (χ2v) is 6.99. The summed E-state index contributed by atoms with van der Waals surface area (Å²) in [5.41, 5.74) is 0.969. The van der Waals surface area contributed by atoms with E-state index in [1.807, 2.05) is 12.1 Å². The average molecular weight is 330 g/mol. The summed E-state index contributed by atoms with van der Waals surface area (Å²) in [6.07, 6.45) is 1.49. The van der Waals surface area contributed by atoms with Crippen molar-refractivity contribution in [3.05, 3.63) is 59.5 Å². The minimum absolute atomic E-state index is 0.0666. The highest BCUT2D eigenvalue weighted by molar-refractivity contribution is 5.74. The predicted molar refractivity (Wildman–Crippen MR) is 93.9 cm³/mol. The van der Waals surface area contributed by atoms with Crippen molar-refractivity contribution in [2.24, 2.45) is 0 Å². The molecule has 1 atom stereocenters. The van der Waals surface area contributed by atoms with Gasteiger partial charge >= 0.3 is 6.03 Å². The SMILES string of the molecule is Cc1ccccc1C(C)(C)CNC(=O)NCC(C)(O)c1ccco1. The maximum Gasteiger partial charge on any atom is 0.314 e. The molecule has 2 amide bonds. The van der Waals surface area contributed by atoms with Crippen LogP contribution in [-0.4, -0.2) is 24.2 Å². The third-order valence-corrected chi connectivity index (χ3v) is 4.21. The maximum atomic E-state index is 12.1. The molecule has 2 aromatic rings. The summed E-state index contributed by atoms with van der Waals surface area (Å²) in [4.78, 5) is 12.1. The number of carbonyl (C=O) groups excluding carboxylic acids is 1. The lowest BCUT2D eigenvalue weighted by Gasteiger charge is -2.28. The summed E-state index contributed by atoms with van der Waals surface area (Å²) in [5.74, 6) is 0.419. The van der Waals surface area contributed by atoms with Crippen molar-refractivity contribution >= 4 is 6.03 Å². The van der Waals surface area contributed by atoms with E-state index in [-0.39, 0.29) is 18.0 Å². The molecule has 5 heteroatoms. The number of rotatable bonds is 6. The molecular weight excluding hydrogens is 304 g/mol. The zero-order chi connectivity index (χ0) is 17.8. The van der Waals surface area contributed by atoms with Gasteiger partial charge in [0, 0.05) is 12.0 Å². The number of furan rings is 1. The fourth-order valence-corrected chi connectivity index (χ4v) is 2.72. The van der Waals surface area contributed by atoms with Gasteiger partial charge in [-0.15, -0.1) is 0 Å². The molecule has 130 valence electrons. The highest BCUT2D eigenvalue weighted by atomic mass is 16.4. The van der Waals surface area contributed by atoms with Gasteiger partial charge in [0.1, 0.15) is 11.4 Å². The fourth-order valence-electron chi connectivity index (χ4n) is 2.72. The smallest absolute Gasteiger partial charge is 0.314 e. The van der Waals surface area contributed by atoms with Crippen molar-refractivity contribution in [2.75, 3.05) is 13.1 Å². The van der Waals surface area contributed by atoms with E-state index in [0.717, 1.165) is 0 Å². The Hall–Kier alpha value is -2.27. The molecule has 1 heterocycles. The minimum atomic E-state index is -1.24.